The fourth-order valence-corrected chi connectivity index (χ4v) is 2.41. The van der Waals surface area contributed by atoms with Gasteiger partial charge in [0.2, 0.25) is 0 Å². The van der Waals surface area contributed by atoms with E-state index < -0.39 is 0 Å². The zero-order valence-electron chi connectivity index (χ0n) is 13.0. The highest BCUT2D eigenvalue weighted by molar-refractivity contribution is 5.27. The highest BCUT2D eigenvalue weighted by Crippen LogP contribution is 2.23. The summed E-state index contributed by atoms with van der Waals surface area (Å²) in [6, 6.07) is 8.57. The van der Waals surface area contributed by atoms with Gasteiger partial charge in [-0.05, 0) is 41.3 Å². The molecule has 1 aromatic carbocycles. The molecule has 0 aromatic heterocycles. The van der Waals surface area contributed by atoms with Crippen LogP contribution >= 0.6 is 0 Å². The summed E-state index contributed by atoms with van der Waals surface area (Å²) < 4.78 is 0. The predicted molar refractivity (Wildman–Crippen MR) is 82.2 cm³/mol. The van der Waals surface area contributed by atoms with Gasteiger partial charge in [-0.3, -0.25) is 0 Å². The Hall–Kier alpha value is -0.860. The minimum Gasteiger partial charge on any atom is -0.392 e. The van der Waals surface area contributed by atoms with Gasteiger partial charge in [-0.25, -0.2) is 0 Å². The molecule has 0 aliphatic rings. The van der Waals surface area contributed by atoms with E-state index in [0.717, 1.165) is 0 Å². The fraction of sp³-hybridized carbons (Fsp3) is 0.647. The van der Waals surface area contributed by atoms with Crippen molar-refractivity contribution in [1.82, 2.24) is 0 Å². The van der Waals surface area contributed by atoms with Crippen molar-refractivity contribution in [3.05, 3.63) is 35.4 Å². The molecule has 2 heteroatoms. The van der Waals surface area contributed by atoms with Gasteiger partial charge in [0.05, 0.1) is 6.10 Å². The Kier molecular flexibility index (Phi) is 5.57. The van der Waals surface area contributed by atoms with Crippen LogP contribution in [0.5, 0.6) is 0 Å². The molecule has 0 saturated heterocycles. The Labute approximate surface area is 118 Å². The third-order valence-electron chi connectivity index (χ3n) is 3.89. The van der Waals surface area contributed by atoms with Crippen LogP contribution in [-0.2, 0) is 11.8 Å². The summed E-state index contributed by atoms with van der Waals surface area (Å²) >= 11 is 0. The summed E-state index contributed by atoms with van der Waals surface area (Å²) in [6.07, 6.45) is 0.329. The average molecular weight is 263 g/mol. The molecule has 0 aliphatic carbocycles. The second kappa shape index (κ2) is 6.53. The summed E-state index contributed by atoms with van der Waals surface area (Å²) in [5.74, 6) is 0.580. The molecule has 108 valence electrons. The molecule has 19 heavy (non-hydrogen) atoms. The summed E-state index contributed by atoms with van der Waals surface area (Å²) in [6.45, 7) is 11.4. The largest absolute Gasteiger partial charge is 0.392 e. The molecule has 0 amide bonds. The Morgan fingerprint density at radius 2 is 1.63 bits per heavy atom. The van der Waals surface area contributed by atoms with Crippen molar-refractivity contribution in [1.29, 1.82) is 0 Å². The average Bonchev–Trinajstić information content (AvgIpc) is 2.28. The zero-order valence-corrected chi connectivity index (χ0v) is 13.0. The lowest BCUT2D eigenvalue weighted by Crippen LogP contribution is -2.33. The molecule has 0 heterocycles. The third kappa shape index (κ3) is 4.63. The van der Waals surface area contributed by atoms with Gasteiger partial charge in [-0.15, -0.1) is 0 Å². The van der Waals surface area contributed by atoms with Gasteiger partial charge in [0.15, 0.2) is 0 Å². The maximum absolute atomic E-state index is 10.3. The van der Waals surface area contributed by atoms with Crippen LogP contribution in [0.3, 0.4) is 0 Å². The molecule has 0 fully saturated rings. The Bertz CT molecular complexity index is 375. The number of nitrogens with two attached hydrogens (primary N) is 1. The van der Waals surface area contributed by atoms with Crippen molar-refractivity contribution in [2.75, 3.05) is 6.54 Å². The number of hydrogen-bond donors (Lipinski definition) is 2. The molecule has 1 rings (SSSR count). The van der Waals surface area contributed by atoms with E-state index >= 15 is 0 Å². The Balaban J connectivity index is 2.73. The van der Waals surface area contributed by atoms with Crippen LogP contribution in [0.25, 0.3) is 0 Å². The van der Waals surface area contributed by atoms with Gasteiger partial charge in [0.1, 0.15) is 0 Å². The highest BCUT2D eigenvalue weighted by atomic mass is 16.3. The summed E-state index contributed by atoms with van der Waals surface area (Å²) in [5, 5.41) is 10.3. The van der Waals surface area contributed by atoms with Gasteiger partial charge in [0.25, 0.3) is 0 Å². The van der Waals surface area contributed by atoms with Crippen molar-refractivity contribution >= 4 is 0 Å². The van der Waals surface area contributed by atoms with E-state index in [1.165, 1.54) is 11.1 Å². The van der Waals surface area contributed by atoms with Crippen molar-refractivity contribution < 1.29 is 5.11 Å². The van der Waals surface area contributed by atoms with Crippen LogP contribution in [0.4, 0.5) is 0 Å². The standard InChI is InChI=1S/C17H29NO/c1-12(2)15(11-18)16(19)10-13-6-8-14(9-7-13)17(3,4)5/h6-9,12,15-16,19H,10-11,18H2,1-5H3. The molecular formula is C17H29NO. The van der Waals surface area contributed by atoms with Gasteiger partial charge in [-0.1, -0.05) is 58.9 Å². The first kappa shape index (κ1) is 16.2. The normalized spacial score (nSPS) is 15.6. The zero-order chi connectivity index (χ0) is 14.6. The number of rotatable bonds is 5. The van der Waals surface area contributed by atoms with E-state index in [2.05, 4.69) is 58.9 Å². The van der Waals surface area contributed by atoms with Gasteiger partial charge in [-0.2, -0.15) is 0 Å². The quantitative estimate of drug-likeness (QED) is 0.857. The van der Waals surface area contributed by atoms with E-state index in [1.807, 2.05) is 0 Å². The van der Waals surface area contributed by atoms with Crippen LogP contribution in [0.2, 0.25) is 0 Å². The monoisotopic (exact) mass is 263 g/mol. The molecule has 0 bridgehead atoms. The van der Waals surface area contributed by atoms with E-state index in [0.29, 0.717) is 18.9 Å². The minimum atomic E-state index is -0.356. The van der Waals surface area contributed by atoms with Crippen LogP contribution in [0.15, 0.2) is 24.3 Å². The SMILES string of the molecule is CC(C)C(CN)C(O)Cc1ccc(C(C)(C)C)cc1. The minimum absolute atomic E-state index is 0.169. The third-order valence-corrected chi connectivity index (χ3v) is 3.89. The van der Waals surface area contributed by atoms with Crippen LogP contribution in [0.1, 0.15) is 45.7 Å². The van der Waals surface area contributed by atoms with Crippen LogP contribution < -0.4 is 5.73 Å². The molecule has 0 saturated carbocycles. The van der Waals surface area contributed by atoms with Crippen molar-refractivity contribution in [2.24, 2.45) is 17.6 Å². The Morgan fingerprint density at radius 1 is 1.11 bits per heavy atom. The van der Waals surface area contributed by atoms with Gasteiger partial charge < -0.3 is 10.8 Å². The lowest BCUT2D eigenvalue weighted by atomic mass is 9.84. The lowest BCUT2D eigenvalue weighted by Gasteiger charge is -2.25. The maximum atomic E-state index is 10.3. The number of hydrogen-bond acceptors (Lipinski definition) is 2. The first-order valence-corrected chi connectivity index (χ1v) is 7.23. The summed E-state index contributed by atoms with van der Waals surface area (Å²) in [5.41, 5.74) is 8.43. The molecule has 3 N–H and O–H groups in total. The fourth-order valence-electron chi connectivity index (χ4n) is 2.41. The first-order chi connectivity index (χ1) is 8.75. The maximum Gasteiger partial charge on any atom is 0.0623 e. The number of aliphatic hydroxyl groups is 1. The lowest BCUT2D eigenvalue weighted by molar-refractivity contribution is 0.0863. The smallest absolute Gasteiger partial charge is 0.0623 e. The molecule has 0 aliphatic heterocycles. The van der Waals surface area contributed by atoms with Crippen LogP contribution in [0, 0.1) is 11.8 Å². The molecule has 0 spiro atoms. The van der Waals surface area contributed by atoms with Crippen molar-refractivity contribution in [2.45, 2.75) is 52.6 Å². The molecule has 1 aromatic rings. The molecule has 0 radical (unpaired) electrons. The van der Waals surface area contributed by atoms with Gasteiger partial charge >= 0.3 is 0 Å². The van der Waals surface area contributed by atoms with E-state index in [4.69, 9.17) is 5.73 Å². The summed E-state index contributed by atoms with van der Waals surface area (Å²) in [7, 11) is 0. The highest BCUT2D eigenvalue weighted by Gasteiger charge is 2.21. The molecule has 2 nitrogen and oxygen atoms in total. The second-order valence-corrected chi connectivity index (χ2v) is 6.86. The topological polar surface area (TPSA) is 46.2 Å². The molecule has 2 unspecified atom stereocenters. The summed E-state index contributed by atoms with van der Waals surface area (Å²) in [4.78, 5) is 0. The predicted octanol–water partition coefficient (Wildman–Crippen LogP) is 3.12. The molecule has 2 atom stereocenters. The number of benzene rings is 1. The van der Waals surface area contributed by atoms with E-state index in [-0.39, 0.29) is 17.4 Å². The van der Waals surface area contributed by atoms with E-state index in [1.54, 1.807) is 0 Å². The van der Waals surface area contributed by atoms with Crippen molar-refractivity contribution in [3.8, 4) is 0 Å². The van der Waals surface area contributed by atoms with Crippen molar-refractivity contribution in [3.63, 3.8) is 0 Å². The van der Waals surface area contributed by atoms with Crippen LogP contribution in [-0.4, -0.2) is 17.8 Å². The Morgan fingerprint density at radius 3 is 2.00 bits per heavy atom. The second-order valence-electron chi connectivity index (χ2n) is 6.86. The first-order valence-electron chi connectivity index (χ1n) is 7.23. The number of aliphatic hydroxyl groups excluding tert-OH is 1. The van der Waals surface area contributed by atoms with Gasteiger partial charge in [0, 0.05) is 0 Å². The molecular weight excluding hydrogens is 234 g/mol. The van der Waals surface area contributed by atoms with E-state index in [9.17, 15) is 5.11 Å².